The number of pyridine rings is 1. The lowest BCUT2D eigenvalue weighted by Crippen LogP contribution is -2.00. The fourth-order valence-corrected chi connectivity index (χ4v) is 8.41. The van der Waals surface area contributed by atoms with E-state index in [0.29, 0.717) is 17.5 Å². The van der Waals surface area contributed by atoms with Gasteiger partial charge in [0.15, 0.2) is 17.5 Å². The van der Waals surface area contributed by atoms with Crippen LogP contribution in [0.2, 0.25) is 0 Å². The number of hydrogen-bond acceptors (Lipinski definition) is 4. The Kier molecular flexibility index (Phi) is 8.11. The van der Waals surface area contributed by atoms with Crippen molar-refractivity contribution in [2.45, 2.75) is 0 Å². The second-order valence-electron chi connectivity index (χ2n) is 14.6. The van der Waals surface area contributed by atoms with Gasteiger partial charge in [-0.25, -0.2) is 15.0 Å². The highest BCUT2D eigenvalue weighted by Gasteiger charge is 2.18. The van der Waals surface area contributed by atoms with E-state index < -0.39 is 0 Å². The first-order valence-electron chi connectivity index (χ1n) is 19.5. The van der Waals surface area contributed by atoms with Gasteiger partial charge in [-0.2, -0.15) is 0 Å². The second-order valence-corrected chi connectivity index (χ2v) is 14.6. The van der Waals surface area contributed by atoms with Crippen LogP contribution in [-0.4, -0.2) is 19.9 Å². The number of rotatable bonds is 6. The lowest BCUT2D eigenvalue weighted by Gasteiger charge is -2.16. The summed E-state index contributed by atoms with van der Waals surface area (Å²) in [5.41, 5.74) is 9.14. The standard InChI is InChI=1S/C54H34N4/c1-3-16-36(17-4-1)52-56-53(37-18-5-2-6-19-37)58-54(57-52)42-33-40(38-20-13-21-39(31-38)51-44-22-8-7-15-35(44)29-30-55-51)32-41(34-42)43-27-14-28-49-47-24-10-9-23-45(47)46-25-11-12-26-48(46)50(43)49/h1-34H. The van der Waals surface area contributed by atoms with E-state index >= 15 is 0 Å². The van der Waals surface area contributed by atoms with Gasteiger partial charge in [-0.1, -0.05) is 170 Å². The third kappa shape index (κ3) is 5.87. The predicted octanol–water partition coefficient (Wildman–Crippen LogP) is 13.9. The molecule has 0 amide bonds. The zero-order valence-corrected chi connectivity index (χ0v) is 31.4. The molecule has 11 rings (SSSR count). The van der Waals surface area contributed by atoms with Crippen molar-refractivity contribution in [1.29, 1.82) is 0 Å². The van der Waals surface area contributed by atoms with Crippen molar-refractivity contribution in [3.05, 3.63) is 206 Å². The van der Waals surface area contributed by atoms with Gasteiger partial charge in [-0.05, 0) is 90.3 Å². The third-order valence-corrected chi connectivity index (χ3v) is 11.1. The summed E-state index contributed by atoms with van der Waals surface area (Å²) in [7, 11) is 0. The SMILES string of the molecule is c1ccc(-c2nc(-c3ccccc3)nc(-c3cc(-c4cccc(-c5nccc6ccccc56)c4)cc(-c4cccc5c6ccccc6c6ccccc6c45)c3)n2)cc1. The van der Waals surface area contributed by atoms with Crippen LogP contribution in [0.25, 0.3) is 111 Å². The normalized spacial score (nSPS) is 11.4. The summed E-state index contributed by atoms with van der Waals surface area (Å²) in [6.07, 6.45) is 1.90. The van der Waals surface area contributed by atoms with E-state index in [4.69, 9.17) is 19.9 Å². The molecule has 9 aromatic carbocycles. The van der Waals surface area contributed by atoms with Crippen LogP contribution >= 0.6 is 0 Å². The highest BCUT2D eigenvalue weighted by Crippen LogP contribution is 2.42. The highest BCUT2D eigenvalue weighted by molar-refractivity contribution is 6.28. The molecule has 0 aliphatic carbocycles. The van der Waals surface area contributed by atoms with E-state index in [9.17, 15) is 0 Å². The molecular weight excluding hydrogens is 705 g/mol. The average molecular weight is 739 g/mol. The van der Waals surface area contributed by atoms with Crippen molar-refractivity contribution in [2.24, 2.45) is 0 Å². The summed E-state index contributed by atoms with van der Waals surface area (Å²) in [6, 6.07) is 70.5. The molecule has 0 saturated carbocycles. The van der Waals surface area contributed by atoms with Crippen LogP contribution in [0, 0.1) is 0 Å². The first kappa shape index (κ1) is 33.5. The quantitative estimate of drug-likeness (QED) is 0.159. The summed E-state index contributed by atoms with van der Waals surface area (Å²) in [5, 5.41) is 9.68. The molecule has 2 heterocycles. The van der Waals surface area contributed by atoms with Crippen LogP contribution in [0.3, 0.4) is 0 Å². The second kappa shape index (κ2) is 14.0. The molecule has 0 spiro atoms. The molecule has 4 nitrogen and oxygen atoms in total. The van der Waals surface area contributed by atoms with Gasteiger partial charge in [0.05, 0.1) is 5.69 Å². The molecule has 0 N–H and O–H groups in total. The number of nitrogens with zero attached hydrogens (tertiary/aromatic N) is 4. The Morgan fingerprint density at radius 1 is 0.276 bits per heavy atom. The van der Waals surface area contributed by atoms with Gasteiger partial charge in [0, 0.05) is 33.8 Å². The Morgan fingerprint density at radius 2 is 0.724 bits per heavy atom. The minimum absolute atomic E-state index is 0.609. The number of hydrogen-bond donors (Lipinski definition) is 0. The molecule has 0 radical (unpaired) electrons. The molecule has 11 aromatic rings. The smallest absolute Gasteiger partial charge is 0.164 e. The maximum Gasteiger partial charge on any atom is 0.164 e. The van der Waals surface area contributed by atoms with Gasteiger partial charge in [0.25, 0.3) is 0 Å². The molecule has 0 bridgehead atoms. The summed E-state index contributed by atoms with van der Waals surface area (Å²) in [5.74, 6) is 1.87. The maximum absolute atomic E-state index is 5.19. The molecule has 0 unspecified atom stereocenters. The van der Waals surface area contributed by atoms with Crippen LogP contribution in [0.1, 0.15) is 0 Å². The van der Waals surface area contributed by atoms with Crippen LogP contribution in [0.5, 0.6) is 0 Å². The molecule has 2 aromatic heterocycles. The maximum atomic E-state index is 5.19. The zero-order valence-electron chi connectivity index (χ0n) is 31.4. The summed E-state index contributed by atoms with van der Waals surface area (Å²) < 4.78 is 0. The van der Waals surface area contributed by atoms with E-state index in [1.165, 1.54) is 32.3 Å². The van der Waals surface area contributed by atoms with Gasteiger partial charge < -0.3 is 0 Å². The number of aromatic nitrogens is 4. The molecule has 0 aliphatic heterocycles. The molecule has 270 valence electrons. The van der Waals surface area contributed by atoms with Crippen LogP contribution in [0.4, 0.5) is 0 Å². The van der Waals surface area contributed by atoms with Crippen molar-refractivity contribution in [3.63, 3.8) is 0 Å². The van der Waals surface area contributed by atoms with Crippen LogP contribution in [0.15, 0.2) is 206 Å². The van der Waals surface area contributed by atoms with Gasteiger partial charge in [0.2, 0.25) is 0 Å². The predicted molar refractivity (Wildman–Crippen MR) is 240 cm³/mol. The minimum Gasteiger partial charge on any atom is -0.256 e. The van der Waals surface area contributed by atoms with E-state index in [2.05, 4.69) is 140 Å². The molecule has 0 fully saturated rings. The first-order chi connectivity index (χ1) is 28.7. The summed E-state index contributed by atoms with van der Waals surface area (Å²) in [6.45, 7) is 0. The van der Waals surface area contributed by atoms with Crippen molar-refractivity contribution in [2.75, 3.05) is 0 Å². The Bertz CT molecular complexity index is 3230. The Morgan fingerprint density at radius 3 is 1.40 bits per heavy atom. The summed E-state index contributed by atoms with van der Waals surface area (Å²) in [4.78, 5) is 20.3. The largest absolute Gasteiger partial charge is 0.256 e. The molecular formula is C54H34N4. The average Bonchev–Trinajstić information content (AvgIpc) is 3.31. The minimum atomic E-state index is 0.609. The number of benzene rings is 9. The third-order valence-electron chi connectivity index (χ3n) is 11.1. The first-order valence-corrected chi connectivity index (χ1v) is 19.5. The highest BCUT2D eigenvalue weighted by atomic mass is 15.0. The Balaban J connectivity index is 1.19. The van der Waals surface area contributed by atoms with Gasteiger partial charge in [0.1, 0.15) is 0 Å². The van der Waals surface area contributed by atoms with Crippen molar-refractivity contribution >= 4 is 43.1 Å². The number of fused-ring (bicyclic) bond motifs is 7. The van der Waals surface area contributed by atoms with E-state index in [0.717, 1.165) is 61.0 Å². The monoisotopic (exact) mass is 738 g/mol. The van der Waals surface area contributed by atoms with E-state index in [1.54, 1.807) is 0 Å². The molecule has 4 heteroatoms. The van der Waals surface area contributed by atoms with Crippen LogP contribution in [-0.2, 0) is 0 Å². The molecule has 58 heavy (non-hydrogen) atoms. The Labute approximate surface area is 335 Å². The fourth-order valence-electron chi connectivity index (χ4n) is 8.41. The van der Waals surface area contributed by atoms with Crippen LogP contribution < -0.4 is 0 Å². The van der Waals surface area contributed by atoms with E-state index in [1.807, 2.05) is 66.9 Å². The van der Waals surface area contributed by atoms with Gasteiger partial charge in [-0.15, -0.1) is 0 Å². The van der Waals surface area contributed by atoms with E-state index in [-0.39, 0.29) is 0 Å². The molecule has 0 saturated heterocycles. The summed E-state index contributed by atoms with van der Waals surface area (Å²) >= 11 is 0. The van der Waals surface area contributed by atoms with Crippen molar-refractivity contribution < 1.29 is 0 Å². The fraction of sp³-hybridized carbons (Fsp3) is 0. The lowest BCUT2D eigenvalue weighted by molar-refractivity contribution is 1.07. The lowest BCUT2D eigenvalue weighted by atomic mass is 9.88. The molecule has 0 atom stereocenters. The Hall–Kier alpha value is -7.82. The topological polar surface area (TPSA) is 51.6 Å². The van der Waals surface area contributed by atoms with Gasteiger partial charge in [-0.3, -0.25) is 4.98 Å². The van der Waals surface area contributed by atoms with Gasteiger partial charge >= 0.3 is 0 Å². The van der Waals surface area contributed by atoms with Crippen molar-refractivity contribution in [1.82, 2.24) is 19.9 Å². The zero-order chi connectivity index (χ0) is 38.4. The molecule has 0 aliphatic rings. The van der Waals surface area contributed by atoms with Crippen molar-refractivity contribution in [3.8, 4) is 67.7 Å².